The third-order valence-electron chi connectivity index (χ3n) is 6.55. The predicted octanol–water partition coefficient (Wildman–Crippen LogP) is 2.13. The molecule has 4 amide bonds. The fraction of sp³-hybridized carbons (Fsp3) is 0.406. The first-order valence-electron chi connectivity index (χ1n) is 14.3. The predicted molar refractivity (Wildman–Crippen MR) is 162 cm³/mol. The van der Waals surface area contributed by atoms with Crippen molar-refractivity contribution in [3.8, 4) is 0 Å². The van der Waals surface area contributed by atoms with Crippen LogP contribution in [0.1, 0.15) is 51.2 Å². The van der Waals surface area contributed by atoms with Crippen LogP contribution in [0.2, 0.25) is 0 Å². The number of nitrogens with zero attached hydrogens (tertiary/aromatic N) is 1. The molecule has 0 saturated heterocycles. The van der Waals surface area contributed by atoms with Crippen LogP contribution >= 0.6 is 0 Å². The first-order valence-corrected chi connectivity index (χ1v) is 14.3. The lowest BCUT2D eigenvalue weighted by Gasteiger charge is -2.20. The second-order valence-electron chi connectivity index (χ2n) is 10.8. The minimum absolute atomic E-state index is 0.0725. The molecule has 0 fully saturated rings. The van der Waals surface area contributed by atoms with Gasteiger partial charge in [-0.05, 0) is 24.8 Å². The Bertz CT molecular complexity index is 1370. The van der Waals surface area contributed by atoms with Crippen LogP contribution in [0.4, 0.5) is 5.69 Å². The van der Waals surface area contributed by atoms with Crippen LogP contribution in [0.3, 0.4) is 0 Å². The number of primary amides is 1. The summed E-state index contributed by atoms with van der Waals surface area (Å²) in [5.41, 5.74) is 7.24. The maximum Gasteiger partial charge on any atom is 0.306 e. The summed E-state index contributed by atoms with van der Waals surface area (Å²) >= 11 is 0. The van der Waals surface area contributed by atoms with E-state index in [1.165, 1.54) is 6.92 Å². The number of benzene rings is 2. The van der Waals surface area contributed by atoms with Crippen LogP contribution in [0, 0.1) is 18.4 Å². The van der Waals surface area contributed by atoms with Gasteiger partial charge < -0.3 is 26.4 Å². The minimum atomic E-state index is -1.18. The zero-order chi connectivity index (χ0) is 32.6. The highest BCUT2D eigenvalue weighted by Gasteiger charge is 2.29. The van der Waals surface area contributed by atoms with E-state index >= 15 is 0 Å². The van der Waals surface area contributed by atoms with Crippen molar-refractivity contribution in [2.24, 2.45) is 17.6 Å². The van der Waals surface area contributed by atoms with Crippen LogP contribution in [-0.2, 0) is 46.5 Å². The molecule has 44 heavy (non-hydrogen) atoms. The van der Waals surface area contributed by atoms with Gasteiger partial charge in [0.1, 0.15) is 12.6 Å². The Balaban J connectivity index is 1.83. The Morgan fingerprint density at radius 2 is 1.61 bits per heavy atom. The number of carbonyl (C=O) groups is 6. The molecule has 0 aromatic heterocycles. The van der Waals surface area contributed by atoms with Gasteiger partial charge in [0.05, 0.1) is 19.0 Å². The van der Waals surface area contributed by atoms with Gasteiger partial charge in [0, 0.05) is 25.3 Å². The molecule has 3 unspecified atom stereocenters. The van der Waals surface area contributed by atoms with Gasteiger partial charge in [-0.3, -0.25) is 28.8 Å². The molecule has 3 atom stereocenters. The van der Waals surface area contributed by atoms with E-state index in [4.69, 9.17) is 17.0 Å². The highest BCUT2D eigenvalue weighted by atomic mass is 16.5. The van der Waals surface area contributed by atoms with Crippen molar-refractivity contribution in [1.29, 1.82) is 0 Å². The Labute approximate surface area is 256 Å². The van der Waals surface area contributed by atoms with E-state index in [-0.39, 0.29) is 38.3 Å². The van der Waals surface area contributed by atoms with Gasteiger partial charge in [-0.1, -0.05) is 74.0 Å². The summed E-state index contributed by atoms with van der Waals surface area (Å²) in [6, 6.07) is 13.4. The van der Waals surface area contributed by atoms with Crippen LogP contribution in [0.15, 0.2) is 54.6 Å². The molecule has 12 nitrogen and oxygen atoms in total. The second kappa shape index (κ2) is 17.8. The monoisotopic (exact) mass is 605 g/mol. The SMILES string of the molecule is [C-]#[N+]c1cccc(CC(NC(=O)CCNC(=O)C(=O)C(C)NC(=O)C(CC(=O)OCc2ccccc2)CC(C)C)C(N)=O)c1. The molecule has 0 aliphatic heterocycles. The summed E-state index contributed by atoms with van der Waals surface area (Å²) in [6.45, 7) is 12.1. The number of ether oxygens (including phenoxy) is 1. The molecule has 2 rings (SSSR count). The zero-order valence-corrected chi connectivity index (χ0v) is 25.1. The number of carbonyl (C=O) groups excluding carboxylic acids is 6. The van der Waals surface area contributed by atoms with Crippen molar-refractivity contribution >= 4 is 41.1 Å². The van der Waals surface area contributed by atoms with Gasteiger partial charge in [0.15, 0.2) is 5.69 Å². The average molecular weight is 606 g/mol. The van der Waals surface area contributed by atoms with E-state index in [0.29, 0.717) is 17.7 Å². The third-order valence-corrected chi connectivity index (χ3v) is 6.55. The third kappa shape index (κ3) is 12.4. The Morgan fingerprint density at radius 1 is 0.932 bits per heavy atom. The first-order chi connectivity index (χ1) is 20.9. The summed E-state index contributed by atoms with van der Waals surface area (Å²) in [5, 5.41) is 7.34. The van der Waals surface area contributed by atoms with Crippen molar-refractivity contribution in [2.45, 2.75) is 65.1 Å². The molecule has 0 heterocycles. The maximum absolute atomic E-state index is 12.9. The van der Waals surface area contributed by atoms with Gasteiger partial charge in [0.2, 0.25) is 23.5 Å². The number of hydrogen-bond donors (Lipinski definition) is 4. The number of nitrogens with one attached hydrogen (secondary N) is 3. The number of esters is 1. The molecule has 0 aliphatic rings. The molecule has 0 saturated carbocycles. The van der Waals surface area contributed by atoms with Crippen LogP contribution in [0.5, 0.6) is 0 Å². The number of nitrogens with two attached hydrogens (primary N) is 1. The fourth-order valence-corrected chi connectivity index (χ4v) is 4.30. The summed E-state index contributed by atoms with van der Waals surface area (Å²) in [4.78, 5) is 78.0. The molecule has 12 heteroatoms. The largest absolute Gasteiger partial charge is 0.461 e. The number of Topliss-reactive ketones (excluding diaryl/α,β-unsaturated/α-hetero) is 1. The standard InChI is InChI=1S/C32H39N5O7/c1-20(2)15-24(18-28(39)44-19-22-9-6-5-7-10-22)31(42)36-21(3)29(40)32(43)35-14-13-27(38)37-26(30(33)41)17-23-11-8-12-25(16-23)34-4/h5-12,16,20-21,24,26H,13-15,17-19H2,1-3H3,(H2,33,41)(H,35,43)(H,36,42)(H,37,38). The highest BCUT2D eigenvalue weighted by molar-refractivity contribution is 6.38. The van der Waals surface area contributed by atoms with Crippen molar-refractivity contribution in [2.75, 3.05) is 6.54 Å². The highest BCUT2D eigenvalue weighted by Crippen LogP contribution is 2.18. The van der Waals surface area contributed by atoms with E-state index < -0.39 is 53.4 Å². The number of amides is 4. The van der Waals surface area contributed by atoms with Gasteiger partial charge in [-0.15, -0.1) is 0 Å². The van der Waals surface area contributed by atoms with E-state index in [1.807, 2.05) is 44.2 Å². The molecular weight excluding hydrogens is 566 g/mol. The Hall–Kier alpha value is -5.05. The zero-order valence-electron chi connectivity index (χ0n) is 25.1. The van der Waals surface area contributed by atoms with Crippen LogP contribution in [0.25, 0.3) is 4.85 Å². The van der Waals surface area contributed by atoms with Crippen molar-refractivity contribution in [3.05, 3.63) is 77.1 Å². The first kappa shape index (κ1) is 35.1. The molecule has 0 spiro atoms. The smallest absolute Gasteiger partial charge is 0.306 e. The normalized spacial score (nSPS) is 12.6. The molecule has 2 aromatic carbocycles. The van der Waals surface area contributed by atoms with Gasteiger partial charge in [-0.25, -0.2) is 4.85 Å². The molecule has 234 valence electrons. The second-order valence-corrected chi connectivity index (χ2v) is 10.8. The van der Waals surface area contributed by atoms with E-state index in [0.717, 1.165) is 5.56 Å². The summed E-state index contributed by atoms with van der Waals surface area (Å²) in [5.74, 6) is -5.08. The quantitative estimate of drug-likeness (QED) is 0.121. The molecular formula is C32H39N5O7. The van der Waals surface area contributed by atoms with Gasteiger partial charge in [-0.2, -0.15) is 0 Å². The number of rotatable bonds is 17. The van der Waals surface area contributed by atoms with E-state index in [9.17, 15) is 28.8 Å². The van der Waals surface area contributed by atoms with Crippen LogP contribution in [-0.4, -0.2) is 54.0 Å². The minimum Gasteiger partial charge on any atom is -0.461 e. The fourth-order valence-electron chi connectivity index (χ4n) is 4.30. The molecule has 2 aromatic rings. The van der Waals surface area contributed by atoms with Gasteiger partial charge in [0.25, 0.3) is 5.91 Å². The summed E-state index contributed by atoms with van der Waals surface area (Å²) in [7, 11) is 0. The lowest BCUT2D eigenvalue weighted by Crippen LogP contribution is -2.49. The summed E-state index contributed by atoms with van der Waals surface area (Å²) < 4.78 is 5.30. The molecule has 5 N–H and O–H groups in total. The van der Waals surface area contributed by atoms with Crippen LogP contribution < -0.4 is 21.7 Å². The number of ketones is 1. The summed E-state index contributed by atoms with van der Waals surface area (Å²) in [6.07, 6.45) is 0.0182. The number of hydrogen-bond acceptors (Lipinski definition) is 7. The van der Waals surface area contributed by atoms with E-state index in [2.05, 4.69) is 20.8 Å². The average Bonchev–Trinajstić information content (AvgIpc) is 2.99. The van der Waals surface area contributed by atoms with E-state index in [1.54, 1.807) is 24.3 Å². The topological polar surface area (TPSA) is 178 Å². The van der Waals surface area contributed by atoms with Crippen molar-refractivity contribution in [1.82, 2.24) is 16.0 Å². The Morgan fingerprint density at radius 3 is 2.25 bits per heavy atom. The molecule has 0 bridgehead atoms. The lowest BCUT2D eigenvalue weighted by molar-refractivity contribution is -0.148. The molecule has 0 aliphatic carbocycles. The van der Waals surface area contributed by atoms with Crippen molar-refractivity contribution in [3.63, 3.8) is 0 Å². The lowest BCUT2D eigenvalue weighted by atomic mass is 9.93. The van der Waals surface area contributed by atoms with Gasteiger partial charge >= 0.3 is 5.97 Å². The molecule has 0 radical (unpaired) electrons. The Kier molecular flexibility index (Phi) is 14.2. The maximum atomic E-state index is 12.9. The van der Waals surface area contributed by atoms with Crippen molar-refractivity contribution < 1.29 is 33.5 Å².